The molecular weight excluding hydrogens is 438 g/mol. The molecule has 1 aliphatic heterocycles. The summed E-state index contributed by atoms with van der Waals surface area (Å²) >= 11 is 1.66. The van der Waals surface area contributed by atoms with Crippen LogP contribution in [0.3, 0.4) is 0 Å². The summed E-state index contributed by atoms with van der Waals surface area (Å²) in [4.78, 5) is 33.9. The van der Waals surface area contributed by atoms with Crippen LogP contribution in [0.25, 0.3) is 0 Å². The summed E-state index contributed by atoms with van der Waals surface area (Å²) in [6, 6.07) is 14.1. The number of thiazole rings is 1. The molecule has 0 aliphatic carbocycles. The van der Waals surface area contributed by atoms with Crippen LogP contribution in [-0.2, 0) is 4.79 Å². The zero-order valence-corrected chi connectivity index (χ0v) is 19.3. The number of nitrogens with one attached hydrogen (secondary N) is 2. The molecule has 1 aromatic heterocycles. The Morgan fingerprint density at radius 2 is 1.79 bits per heavy atom. The first-order valence-electron chi connectivity index (χ1n) is 10.8. The lowest BCUT2D eigenvalue weighted by molar-refractivity contribution is -0.116. The maximum atomic E-state index is 12.5. The van der Waals surface area contributed by atoms with Crippen molar-refractivity contribution in [2.45, 2.75) is 6.42 Å². The SMILES string of the molecule is COc1ccccc1NC(=O)c1ccc(NC(=O)CCN2CCN(c3nccs3)CC2)cc1. The van der Waals surface area contributed by atoms with Crippen LogP contribution in [0, 0.1) is 0 Å². The number of amides is 2. The Bertz CT molecular complexity index is 1060. The zero-order chi connectivity index (χ0) is 23.0. The van der Waals surface area contributed by atoms with Crippen LogP contribution in [0.15, 0.2) is 60.1 Å². The number of aromatic nitrogens is 1. The van der Waals surface area contributed by atoms with Crippen LogP contribution < -0.4 is 20.3 Å². The van der Waals surface area contributed by atoms with Gasteiger partial charge in [-0.25, -0.2) is 4.98 Å². The van der Waals surface area contributed by atoms with E-state index < -0.39 is 0 Å². The van der Waals surface area contributed by atoms with Crippen LogP contribution in [0.1, 0.15) is 16.8 Å². The highest BCUT2D eigenvalue weighted by atomic mass is 32.1. The van der Waals surface area contributed by atoms with Crippen molar-refractivity contribution in [3.63, 3.8) is 0 Å². The third-order valence-electron chi connectivity index (χ3n) is 5.50. The first kappa shape index (κ1) is 22.8. The molecule has 0 radical (unpaired) electrons. The predicted molar refractivity (Wildman–Crippen MR) is 131 cm³/mol. The van der Waals surface area contributed by atoms with Crippen LogP contribution in [0.2, 0.25) is 0 Å². The maximum Gasteiger partial charge on any atom is 0.255 e. The smallest absolute Gasteiger partial charge is 0.255 e. The lowest BCUT2D eigenvalue weighted by Crippen LogP contribution is -2.47. The number of anilines is 3. The Hall–Kier alpha value is -3.43. The quantitative estimate of drug-likeness (QED) is 0.529. The third-order valence-corrected chi connectivity index (χ3v) is 6.34. The molecule has 1 saturated heterocycles. The van der Waals surface area contributed by atoms with Crippen LogP contribution in [0.4, 0.5) is 16.5 Å². The Balaban J connectivity index is 1.22. The molecule has 0 atom stereocenters. The highest BCUT2D eigenvalue weighted by Crippen LogP contribution is 2.24. The highest BCUT2D eigenvalue weighted by molar-refractivity contribution is 7.13. The molecule has 4 rings (SSSR count). The van der Waals surface area contributed by atoms with E-state index >= 15 is 0 Å². The second-order valence-corrected chi connectivity index (χ2v) is 8.55. The largest absolute Gasteiger partial charge is 0.495 e. The number of benzene rings is 2. The van der Waals surface area contributed by atoms with E-state index in [0.29, 0.717) is 29.1 Å². The fourth-order valence-electron chi connectivity index (χ4n) is 3.67. The Labute approximate surface area is 197 Å². The van der Waals surface area contributed by atoms with E-state index in [0.717, 1.165) is 37.9 Å². The summed E-state index contributed by atoms with van der Waals surface area (Å²) < 4.78 is 5.26. The number of ether oxygens (including phenoxy) is 1. The summed E-state index contributed by atoms with van der Waals surface area (Å²) in [5, 5.41) is 8.81. The molecule has 0 saturated carbocycles. The van der Waals surface area contributed by atoms with Gasteiger partial charge in [-0.3, -0.25) is 14.5 Å². The van der Waals surface area contributed by atoms with E-state index in [4.69, 9.17) is 4.74 Å². The molecule has 8 nitrogen and oxygen atoms in total. The molecule has 33 heavy (non-hydrogen) atoms. The van der Waals surface area contributed by atoms with Gasteiger partial charge >= 0.3 is 0 Å². The number of hydrogen-bond donors (Lipinski definition) is 2. The predicted octanol–water partition coefficient (Wildman–Crippen LogP) is 3.55. The third kappa shape index (κ3) is 6.09. The van der Waals surface area contributed by atoms with Gasteiger partial charge in [-0.2, -0.15) is 0 Å². The topological polar surface area (TPSA) is 86.8 Å². The first-order valence-corrected chi connectivity index (χ1v) is 11.7. The molecule has 9 heteroatoms. The van der Waals surface area contributed by atoms with E-state index in [1.54, 1.807) is 54.8 Å². The van der Waals surface area contributed by atoms with Gasteiger partial charge in [0.1, 0.15) is 5.75 Å². The molecule has 0 bridgehead atoms. The van der Waals surface area contributed by atoms with E-state index in [1.165, 1.54) is 0 Å². The summed E-state index contributed by atoms with van der Waals surface area (Å²) in [6.45, 7) is 4.41. The molecular formula is C24H27N5O3S. The van der Waals surface area contributed by atoms with Gasteiger partial charge in [0, 0.05) is 62.0 Å². The van der Waals surface area contributed by atoms with Gasteiger partial charge in [0.15, 0.2) is 5.13 Å². The molecule has 2 amide bonds. The first-order chi connectivity index (χ1) is 16.1. The fraction of sp³-hybridized carbons (Fsp3) is 0.292. The molecule has 0 spiro atoms. The molecule has 2 heterocycles. The summed E-state index contributed by atoms with van der Waals surface area (Å²) in [6.07, 6.45) is 2.25. The molecule has 1 aliphatic rings. The summed E-state index contributed by atoms with van der Waals surface area (Å²) in [5.74, 6) is 0.317. The Morgan fingerprint density at radius 3 is 2.48 bits per heavy atom. The molecule has 3 aromatic rings. The zero-order valence-electron chi connectivity index (χ0n) is 18.5. The van der Waals surface area contributed by atoms with Crippen molar-refractivity contribution >= 4 is 39.7 Å². The Kier molecular flexibility index (Phi) is 7.54. The van der Waals surface area contributed by atoms with Crippen molar-refractivity contribution < 1.29 is 14.3 Å². The minimum absolute atomic E-state index is 0.0384. The molecule has 2 N–H and O–H groups in total. The van der Waals surface area contributed by atoms with Gasteiger partial charge in [-0.05, 0) is 36.4 Å². The van der Waals surface area contributed by atoms with Crippen LogP contribution >= 0.6 is 11.3 Å². The number of carbonyl (C=O) groups excluding carboxylic acids is 2. The highest BCUT2D eigenvalue weighted by Gasteiger charge is 2.19. The maximum absolute atomic E-state index is 12.5. The average Bonchev–Trinajstić information content (AvgIpc) is 3.39. The molecule has 172 valence electrons. The van der Waals surface area contributed by atoms with Gasteiger partial charge in [-0.15, -0.1) is 11.3 Å². The van der Waals surface area contributed by atoms with Gasteiger partial charge < -0.3 is 20.3 Å². The number of piperazine rings is 1. The van der Waals surface area contributed by atoms with Crippen molar-refractivity contribution in [3.05, 3.63) is 65.7 Å². The van der Waals surface area contributed by atoms with Gasteiger partial charge in [0.2, 0.25) is 5.91 Å². The lowest BCUT2D eigenvalue weighted by atomic mass is 10.2. The second-order valence-electron chi connectivity index (χ2n) is 7.67. The van der Waals surface area contributed by atoms with Crippen molar-refractivity contribution in [1.82, 2.24) is 9.88 Å². The average molecular weight is 466 g/mol. The van der Waals surface area contributed by atoms with E-state index in [1.807, 2.05) is 23.7 Å². The van der Waals surface area contributed by atoms with Crippen molar-refractivity contribution in [3.8, 4) is 5.75 Å². The molecule has 0 unspecified atom stereocenters. The minimum Gasteiger partial charge on any atom is -0.495 e. The van der Waals surface area contributed by atoms with Gasteiger partial charge in [0.05, 0.1) is 12.8 Å². The van der Waals surface area contributed by atoms with Gasteiger partial charge in [-0.1, -0.05) is 12.1 Å². The van der Waals surface area contributed by atoms with E-state index in [-0.39, 0.29) is 11.8 Å². The van der Waals surface area contributed by atoms with Gasteiger partial charge in [0.25, 0.3) is 5.91 Å². The van der Waals surface area contributed by atoms with Crippen LogP contribution in [0.5, 0.6) is 5.75 Å². The van der Waals surface area contributed by atoms with E-state index in [9.17, 15) is 9.59 Å². The van der Waals surface area contributed by atoms with Crippen molar-refractivity contribution in [2.24, 2.45) is 0 Å². The standard InChI is InChI=1S/C24H27N5O3S/c1-32-21-5-3-2-4-20(21)27-23(31)18-6-8-19(9-7-18)26-22(30)10-12-28-13-15-29(16-14-28)24-25-11-17-33-24/h2-9,11,17H,10,12-16H2,1H3,(H,26,30)(H,27,31). The van der Waals surface area contributed by atoms with Crippen molar-refractivity contribution in [2.75, 3.05) is 55.4 Å². The number of rotatable bonds is 8. The fourth-order valence-corrected chi connectivity index (χ4v) is 4.36. The van der Waals surface area contributed by atoms with Crippen molar-refractivity contribution in [1.29, 1.82) is 0 Å². The number of carbonyl (C=O) groups is 2. The second kappa shape index (κ2) is 10.9. The number of nitrogens with zero attached hydrogens (tertiary/aromatic N) is 3. The summed E-state index contributed by atoms with van der Waals surface area (Å²) in [7, 11) is 1.56. The molecule has 1 fully saturated rings. The Morgan fingerprint density at radius 1 is 1.03 bits per heavy atom. The molecule has 2 aromatic carbocycles. The minimum atomic E-state index is -0.241. The number of para-hydroxylation sites is 2. The monoisotopic (exact) mass is 465 g/mol. The summed E-state index contributed by atoms with van der Waals surface area (Å²) in [5.41, 5.74) is 1.77. The normalized spacial score (nSPS) is 14.0. The lowest BCUT2D eigenvalue weighted by Gasteiger charge is -2.34. The number of methoxy groups -OCH3 is 1. The number of hydrogen-bond acceptors (Lipinski definition) is 7. The van der Waals surface area contributed by atoms with Crippen LogP contribution in [-0.4, -0.2) is 61.5 Å². The van der Waals surface area contributed by atoms with E-state index in [2.05, 4.69) is 25.4 Å².